The van der Waals surface area contributed by atoms with E-state index in [1.54, 1.807) is 0 Å². The normalized spacial score (nSPS) is 10.6. The van der Waals surface area contributed by atoms with E-state index in [1.165, 1.54) is 27.4 Å². The first-order valence-electron chi connectivity index (χ1n) is 9.96. The lowest BCUT2D eigenvalue weighted by atomic mass is 10.1. The number of ether oxygens (including phenoxy) is 3. The molecule has 31 heavy (non-hydrogen) atoms. The first-order valence-corrected chi connectivity index (χ1v) is 9.96. The molecular weight excluding hydrogens is 402 g/mol. The fraction of sp³-hybridized carbons (Fsp3) is 0.409. The highest BCUT2D eigenvalue weighted by molar-refractivity contribution is 6.00. The van der Waals surface area contributed by atoms with Gasteiger partial charge in [-0.1, -0.05) is 38.1 Å². The summed E-state index contributed by atoms with van der Waals surface area (Å²) >= 11 is 0. The van der Waals surface area contributed by atoms with Crippen LogP contribution in [-0.4, -0.2) is 50.1 Å². The Balaban J connectivity index is 2.36. The Morgan fingerprint density at radius 2 is 1.65 bits per heavy atom. The van der Waals surface area contributed by atoms with Crippen molar-refractivity contribution in [2.75, 3.05) is 34.4 Å². The fourth-order valence-electron chi connectivity index (χ4n) is 3.34. The van der Waals surface area contributed by atoms with E-state index in [9.17, 15) is 14.9 Å². The lowest BCUT2D eigenvalue weighted by Crippen LogP contribution is -2.26. The molecule has 0 saturated heterocycles. The van der Waals surface area contributed by atoms with Crippen LogP contribution in [0.25, 0.3) is 0 Å². The predicted octanol–water partition coefficient (Wildman–Crippen LogP) is 3.39. The van der Waals surface area contributed by atoms with E-state index in [0.717, 1.165) is 30.8 Å². The molecule has 1 amide bonds. The number of carbonyl (C=O) groups is 1. The van der Waals surface area contributed by atoms with Gasteiger partial charge in [-0.25, -0.2) is 0 Å². The van der Waals surface area contributed by atoms with Crippen LogP contribution in [0.1, 0.15) is 35.3 Å². The van der Waals surface area contributed by atoms with Gasteiger partial charge in [0.15, 0.2) is 5.75 Å². The van der Waals surface area contributed by atoms with Crippen LogP contribution in [0.15, 0.2) is 30.3 Å². The second kappa shape index (κ2) is 11.2. The van der Waals surface area contributed by atoms with E-state index in [-0.39, 0.29) is 29.4 Å². The fourth-order valence-corrected chi connectivity index (χ4v) is 3.34. The van der Waals surface area contributed by atoms with Crippen molar-refractivity contribution in [1.82, 2.24) is 10.2 Å². The monoisotopic (exact) mass is 431 g/mol. The Bertz CT molecular complexity index is 928. The molecule has 0 saturated carbocycles. The first kappa shape index (κ1) is 23.9. The van der Waals surface area contributed by atoms with Crippen molar-refractivity contribution in [1.29, 1.82) is 0 Å². The van der Waals surface area contributed by atoms with Crippen LogP contribution in [0.2, 0.25) is 0 Å². The van der Waals surface area contributed by atoms with E-state index in [4.69, 9.17) is 14.2 Å². The predicted molar refractivity (Wildman–Crippen MR) is 117 cm³/mol. The second-order valence-corrected chi connectivity index (χ2v) is 6.71. The van der Waals surface area contributed by atoms with Crippen molar-refractivity contribution >= 4 is 11.6 Å². The van der Waals surface area contributed by atoms with Gasteiger partial charge >= 0.3 is 5.69 Å². The van der Waals surface area contributed by atoms with Gasteiger partial charge in [-0.3, -0.25) is 19.8 Å². The van der Waals surface area contributed by atoms with Crippen LogP contribution in [0.3, 0.4) is 0 Å². The van der Waals surface area contributed by atoms with Crippen LogP contribution >= 0.6 is 0 Å². The van der Waals surface area contributed by atoms with Crippen molar-refractivity contribution in [2.24, 2.45) is 0 Å². The van der Waals surface area contributed by atoms with Crippen LogP contribution in [0.5, 0.6) is 17.2 Å². The van der Waals surface area contributed by atoms with E-state index >= 15 is 0 Å². The van der Waals surface area contributed by atoms with E-state index in [2.05, 4.69) is 24.1 Å². The molecule has 0 radical (unpaired) electrons. The minimum Gasteiger partial charge on any atom is -0.493 e. The minimum atomic E-state index is -0.663. The van der Waals surface area contributed by atoms with Crippen molar-refractivity contribution < 1.29 is 23.9 Å². The molecule has 0 aliphatic rings. The number of rotatable bonds is 11. The summed E-state index contributed by atoms with van der Waals surface area (Å²) in [6.07, 6.45) is 0. The summed E-state index contributed by atoms with van der Waals surface area (Å²) in [7, 11) is 4.00. The molecule has 2 aromatic carbocycles. The zero-order valence-electron chi connectivity index (χ0n) is 18.6. The third-order valence-electron chi connectivity index (χ3n) is 5.08. The maximum Gasteiger partial charge on any atom is 0.327 e. The summed E-state index contributed by atoms with van der Waals surface area (Å²) in [4.78, 5) is 26.3. The number of nitro groups is 1. The maximum absolute atomic E-state index is 12.9. The zero-order valence-corrected chi connectivity index (χ0v) is 18.6. The van der Waals surface area contributed by atoms with Gasteiger partial charge in [0, 0.05) is 19.2 Å². The zero-order chi connectivity index (χ0) is 23.0. The number of hydrogen-bond acceptors (Lipinski definition) is 7. The highest BCUT2D eigenvalue weighted by atomic mass is 16.6. The van der Waals surface area contributed by atoms with Crippen molar-refractivity contribution in [3.63, 3.8) is 0 Å². The van der Waals surface area contributed by atoms with Crippen LogP contribution in [-0.2, 0) is 13.1 Å². The standard InChI is InChI=1S/C22H29N3O6/c1-6-24(7-2)14-16-11-9-8-10-15(16)13-23-22(26)17-12-18(29-3)20(30-4)21(31-5)19(17)25(27)28/h8-12H,6-7,13-14H2,1-5H3,(H,23,26). The van der Waals surface area contributed by atoms with Crippen LogP contribution in [0.4, 0.5) is 5.69 Å². The highest BCUT2D eigenvalue weighted by Crippen LogP contribution is 2.46. The molecule has 9 heteroatoms. The number of carbonyl (C=O) groups excluding carboxylic acids is 1. The number of nitro benzene ring substituents is 1. The van der Waals surface area contributed by atoms with Crippen LogP contribution in [0, 0.1) is 10.1 Å². The Morgan fingerprint density at radius 1 is 1.03 bits per heavy atom. The molecule has 0 spiro atoms. The summed E-state index contributed by atoms with van der Waals surface area (Å²) in [6.45, 7) is 6.99. The van der Waals surface area contributed by atoms with Gasteiger partial charge in [0.05, 0.1) is 26.3 Å². The van der Waals surface area contributed by atoms with Crippen molar-refractivity contribution in [2.45, 2.75) is 26.9 Å². The van der Waals surface area contributed by atoms with Gasteiger partial charge < -0.3 is 19.5 Å². The van der Waals surface area contributed by atoms with Gasteiger partial charge in [0.1, 0.15) is 5.56 Å². The summed E-state index contributed by atoms with van der Waals surface area (Å²) in [5.41, 5.74) is 1.39. The van der Waals surface area contributed by atoms with E-state index in [0.29, 0.717) is 0 Å². The number of nitrogens with one attached hydrogen (secondary N) is 1. The molecular formula is C22H29N3O6. The van der Waals surface area contributed by atoms with Gasteiger partial charge in [-0.2, -0.15) is 0 Å². The van der Waals surface area contributed by atoms with E-state index in [1.807, 2.05) is 24.3 Å². The average molecular weight is 431 g/mol. The quantitative estimate of drug-likeness (QED) is 0.430. The molecule has 0 bridgehead atoms. The Morgan fingerprint density at radius 3 is 2.16 bits per heavy atom. The smallest absolute Gasteiger partial charge is 0.327 e. The van der Waals surface area contributed by atoms with Gasteiger partial charge in [-0.05, 0) is 24.2 Å². The van der Waals surface area contributed by atoms with Gasteiger partial charge in [0.2, 0.25) is 11.5 Å². The lowest BCUT2D eigenvalue weighted by molar-refractivity contribution is -0.386. The molecule has 0 aliphatic heterocycles. The van der Waals surface area contributed by atoms with Gasteiger partial charge in [-0.15, -0.1) is 0 Å². The molecule has 0 unspecified atom stereocenters. The summed E-state index contributed by atoms with van der Waals surface area (Å²) in [5, 5.41) is 14.5. The van der Waals surface area contributed by atoms with Crippen molar-refractivity contribution in [3.05, 3.63) is 57.1 Å². The Hall–Kier alpha value is -3.33. The molecule has 9 nitrogen and oxygen atoms in total. The topological polar surface area (TPSA) is 103 Å². The summed E-state index contributed by atoms with van der Waals surface area (Å²) < 4.78 is 15.6. The maximum atomic E-state index is 12.9. The Kier molecular flexibility index (Phi) is 8.63. The Labute approximate surface area is 182 Å². The molecule has 2 rings (SSSR count). The molecule has 0 atom stereocenters. The SMILES string of the molecule is CCN(CC)Cc1ccccc1CNC(=O)c1cc(OC)c(OC)c(OC)c1[N+](=O)[O-]. The third kappa shape index (κ3) is 5.43. The molecule has 0 fully saturated rings. The van der Waals surface area contributed by atoms with E-state index < -0.39 is 16.5 Å². The third-order valence-corrected chi connectivity index (χ3v) is 5.08. The molecule has 2 aromatic rings. The number of nitrogens with zero attached hydrogens (tertiary/aromatic N) is 2. The average Bonchev–Trinajstić information content (AvgIpc) is 2.79. The molecule has 168 valence electrons. The summed E-state index contributed by atoms with van der Waals surface area (Å²) in [5.74, 6) is -0.558. The van der Waals surface area contributed by atoms with Crippen LogP contribution < -0.4 is 19.5 Å². The lowest BCUT2D eigenvalue weighted by Gasteiger charge is -2.20. The molecule has 0 aliphatic carbocycles. The number of hydrogen-bond donors (Lipinski definition) is 1. The molecule has 0 aromatic heterocycles. The van der Waals surface area contributed by atoms with Gasteiger partial charge in [0.25, 0.3) is 5.91 Å². The minimum absolute atomic E-state index is 0.0535. The molecule has 0 heterocycles. The largest absolute Gasteiger partial charge is 0.493 e. The first-order chi connectivity index (χ1) is 14.9. The number of methoxy groups -OCH3 is 3. The van der Waals surface area contributed by atoms with Crippen molar-refractivity contribution in [3.8, 4) is 17.2 Å². The number of amides is 1. The second-order valence-electron chi connectivity index (χ2n) is 6.71. The molecule has 1 N–H and O–H groups in total. The summed E-state index contributed by atoms with van der Waals surface area (Å²) in [6, 6.07) is 9.09. The number of benzene rings is 2. The highest BCUT2D eigenvalue weighted by Gasteiger charge is 2.32.